The second kappa shape index (κ2) is 4.97. The Kier molecular flexibility index (Phi) is 3.49. The first-order valence-electron chi connectivity index (χ1n) is 5.83. The van der Waals surface area contributed by atoms with Crippen LogP contribution in [0.3, 0.4) is 0 Å². The van der Waals surface area contributed by atoms with Gasteiger partial charge in [0.2, 0.25) is 0 Å². The Morgan fingerprint density at radius 3 is 2.70 bits per heavy atom. The lowest BCUT2D eigenvalue weighted by molar-refractivity contribution is -0.274. The fourth-order valence-corrected chi connectivity index (χ4v) is 2.24. The Balaban J connectivity index is 2.72. The minimum atomic E-state index is -4.75. The molecule has 1 atom stereocenters. The number of terminal acetylenes is 1. The number of aromatic amines is 1. The standard InChI is InChI=1S/C15H12F3NO/c1-4-10(5-2)13-9(3)19-11-7-6-8-12(14(11)13)20-15(16,17)18/h1,5-8,10,19H,2H2,3H3. The summed E-state index contributed by atoms with van der Waals surface area (Å²) in [6.07, 6.45) is 2.17. The molecule has 1 heterocycles. The zero-order valence-corrected chi connectivity index (χ0v) is 10.7. The van der Waals surface area contributed by atoms with Crippen LogP contribution in [0.1, 0.15) is 17.2 Å². The highest BCUT2D eigenvalue weighted by Gasteiger charge is 2.32. The summed E-state index contributed by atoms with van der Waals surface area (Å²) in [4.78, 5) is 3.01. The zero-order chi connectivity index (χ0) is 14.9. The topological polar surface area (TPSA) is 25.0 Å². The molecule has 0 aliphatic heterocycles. The van der Waals surface area contributed by atoms with E-state index < -0.39 is 12.3 Å². The van der Waals surface area contributed by atoms with Gasteiger partial charge in [-0.1, -0.05) is 18.1 Å². The van der Waals surface area contributed by atoms with Gasteiger partial charge in [-0.25, -0.2) is 0 Å². The number of hydrogen-bond donors (Lipinski definition) is 1. The van der Waals surface area contributed by atoms with Crippen molar-refractivity contribution in [1.82, 2.24) is 4.98 Å². The highest BCUT2D eigenvalue weighted by molar-refractivity contribution is 5.91. The molecule has 0 amide bonds. The van der Waals surface area contributed by atoms with Gasteiger partial charge >= 0.3 is 6.36 Å². The van der Waals surface area contributed by atoms with Crippen molar-refractivity contribution in [3.05, 3.63) is 42.1 Å². The third kappa shape index (κ3) is 2.50. The summed E-state index contributed by atoms with van der Waals surface area (Å²) in [5, 5.41) is 0.338. The lowest BCUT2D eigenvalue weighted by Crippen LogP contribution is -2.17. The number of aryl methyl sites for hydroxylation is 1. The van der Waals surface area contributed by atoms with Gasteiger partial charge in [0.05, 0.1) is 5.92 Å². The molecule has 0 fully saturated rings. The molecule has 1 aromatic carbocycles. The Morgan fingerprint density at radius 1 is 1.45 bits per heavy atom. The van der Waals surface area contributed by atoms with Crippen LogP contribution < -0.4 is 4.74 Å². The summed E-state index contributed by atoms with van der Waals surface area (Å²) in [5.74, 6) is 1.75. The molecule has 0 radical (unpaired) electrons. The molecule has 0 spiro atoms. The maximum atomic E-state index is 12.5. The van der Waals surface area contributed by atoms with E-state index in [1.54, 1.807) is 13.0 Å². The van der Waals surface area contributed by atoms with Crippen molar-refractivity contribution in [3.8, 4) is 18.1 Å². The molecule has 2 rings (SSSR count). The number of allylic oxidation sites excluding steroid dienone is 1. The molecule has 0 bridgehead atoms. The SMILES string of the molecule is C#CC(C=C)c1c(C)[nH]c2cccc(OC(F)(F)F)c12. The number of hydrogen-bond acceptors (Lipinski definition) is 1. The Morgan fingerprint density at radius 2 is 2.15 bits per heavy atom. The van der Waals surface area contributed by atoms with E-state index in [1.165, 1.54) is 18.2 Å². The number of nitrogens with one attached hydrogen (secondary N) is 1. The number of fused-ring (bicyclic) bond motifs is 1. The van der Waals surface area contributed by atoms with Gasteiger partial charge in [-0.05, 0) is 19.1 Å². The molecule has 0 aliphatic rings. The smallest absolute Gasteiger partial charge is 0.405 e. The van der Waals surface area contributed by atoms with Crippen LogP contribution in [0.5, 0.6) is 5.75 Å². The molecular weight excluding hydrogens is 267 g/mol. The van der Waals surface area contributed by atoms with Gasteiger partial charge in [-0.3, -0.25) is 0 Å². The predicted octanol–water partition coefficient (Wildman–Crippen LogP) is 4.28. The van der Waals surface area contributed by atoms with Gasteiger partial charge < -0.3 is 9.72 Å². The van der Waals surface area contributed by atoms with Gasteiger partial charge in [0.1, 0.15) is 5.75 Å². The molecule has 2 aromatic rings. The molecule has 1 aromatic heterocycles. The summed E-state index contributed by atoms with van der Waals surface area (Å²) >= 11 is 0. The summed E-state index contributed by atoms with van der Waals surface area (Å²) in [5.41, 5.74) is 1.82. The first-order valence-corrected chi connectivity index (χ1v) is 5.83. The van der Waals surface area contributed by atoms with Crippen LogP contribution in [0.15, 0.2) is 30.9 Å². The average molecular weight is 279 g/mol. The van der Waals surface area contributed by atoms with Crippen LogP contribution >= 0.6 is 0 Å². The van der Waals surface area contributed by atoms with Crippen LogP contribution in [0, 0.1) is 19.3 Å². The number of H-pyrrole nitrogens is 1. The van der Waals surface area contributed by atoms with Gasteiger partial charge in [0, 0.05) is 22.2 Å². The minimum Gasteiger partial charge on any atom is -0.405 e. The highest BCUT2D eigenvalue weighted by Crippen LogP contribution is 2.37. The normalized spacial score (nSPS) is 12.9. The van der Waals surface area contributed by atoms with Crippen LogP contribution in [0.2, 0.25) is 0 Å². The third-order valence-electron chi connectivity index (χ3n) is 2.97. The van der Waals surface area contributed by atoms with E-state index in [9.17, 15) is 13.2 Å². The average Bonchev–Trinajstić information content (AvgIpc) is 2.67. The van der Waals surface area contributed by atoms with E-state index in [1.807, 2.05) is 0 Å². The van der Waals surface area contributed by atoms with E-state index in [2.05, 4.69) is 22.2 Å². The summed E-state index contributed by atoms with van der Waals surface area (Å²) in [7, 11) is 0. The molecule has 0 saturated carbocycles. The Bertz CT molecular complexity index is 691. The predicted molar refractivity (Wildman–Crippen MR) is 71.5 cm³/mol. The number of rotatable bonds is 3. The van der Waals surface area contributed by atoms with Crippen molar-refractivity contribution in [1.29, 1.82) is 0 Å². The van der Waals surface area contributed by atoms with Crippen molar-refractivity contribution in [2.45, 2.75) is 19.2 Å². The van der Waals surface area contributed by atoms with Gasteiger partial charge in [-0.15, -0.1) is 26.2 Å². The summed E-state index contributed by atoms with van der Waals surface area (Å²) < 4.78 is 41.5. The van der Waals surface area contributed by atoms with E-state index >= 15 is 0 Å². The number of aromatic nitrogens is 1. The molecule has 1 N–H and O–H groups in total. The van der Waals surface area contributed by atoms with Crippen LogP contribution in [-0.2, 0) is 0 Å². The quantitative estimate of drug-likeness (QED) is 0.658. The third-order valence-corrected chi connectivity index (χ3v) is 2.97. The lowest BCUT2D eigenvalue weighted by atomic mass is 9.96. The Hall–Kier alpha value is -2.35. The van der Waals surface area contributed by atoms with Gasteiger partial charge in [-0.2, -0.15) is 0 Å². The monoisotopic (exact) mass is 279 g/mol. The lowest BCUT2D eigenvalue weighted by Gasteiger charge is -2.12. The number of benzene rings is 1. The van der Waals surface area contributed by atoms with E-state index in [-0.39, 0.29) is 5.75 Å². The maximum absolute atomic E-state index is 12.5. The van der Waals surface area contributed by atoms with Crippen molar-refractivity contribution < 1.29 is 17.9 Å². The fraction of sp³-hybridized carbons (Fsp3) is 0.200. The van der Waals surface area contributed by atoms with Crippen molar-refractivity contribution in [2.24, 2.45) is 0 Å². The largest absolute Gasteiger partial charge is 0.573 e. The molecule has 1 unspecified atom stereocenters. The highest BCUT2D eigenvalue weighted by atomic mass is 19.4. The first kappa shape index (κ1) is 14.1. The van der Waals surface area contributed by atoms with Crippen LogP contribution in [0.25, 0.3) is 10.9 Å². The van der Waals surface area contributed by atoms with E-state index in [0.717, 1.165) is 0 Å². The summed E-state index contributed by atoms with van der Waals surface area (Å²) in [6.45, 7) is 5.37. The number of halogens is 3. The number of alkyl halides is 3. The minimum absolute atomic E-state index is 0.267. The molecular formula is C15H12F3NO. The molecule has 5 heteroatoms. The van der Waals surface area contributed by atoms with Crippen LogP contribution in [-0.4, -0.2) is 11.3 Å². The fourth-order valence-electron chi connectivity index (χ4n) is 2.24. The van der Waals surface area contributed by atoms with E-state index in [0.29, 0.717) is 22.2 Å². The summed E-state index contributed by atoms with van der Waals surface area (Å²) in [6, 6.07) is 4.43. The molecule has 0 saturated heterocycles. The number of ether oxygens (including phenoxy) is 1. The maximum Gasteiger partial charge on any atom is 0.573 e. The van der Waals surface area contributed by atoms with Crippen LogP contribution in [0.4, 0.5) is 13.2 Å². The molecule has 104 valence electrons. The molecule has 20 heavy (non-hydrogen) atoms. The molecule has 2 nitrogen and oxygen atoms in total. The van der Waals surface area contributed by atoms with E-state index in [4.69, 9.17) is 6.42 Å². The van der Waals surface area contributed by atoms with Gasteiger partial charge in [0.25, 0.3) is 0 Å². The second-order valence-electron chi connectivity index (χ2n) is 4.27. The Labute approximate surface area is 114 Å². The van der Waals surface area contributed by atoms with Crippen molar-refractivity contribution in [2.75, 3.05) is 0 Å². The van der Waals surface area contributed by atoms with Crippen molar-refractivity contribution >= 4 is 10.9 Å². The van der Waals surface area contributed by atoms with Crippen molar-refractivity contribution in [3.63, 3.8) is 0 Å². The van der Waals surface area contributed by atoms with Gasteiger partial charge in [0.15, 0.2) is 0 Å². The molecule has 0 aliphatic carbocycles. The zero-order valence-electron chi connectivity index (χ0n) is 10.7. The first-order chi connectivity index (χ1) is 9.37. The second-order valence-corrected chi connectivity index (χ2v) is 4.27.